The maximum Gasteiger partial charge on any atom is 0.416 e. The zero-order valence-corrected chi connectivity index (χ0v) is 11.8. The highest BCUT2D eigenvalue weighted by atomic mass is 19.4. The molecule has 1 amide bonds. The van der Waals surface area contributed by atoms with E-state index in [4.69, 9.17) is 0 Å². The summed E-state index contributed by atoms with van der Waals surface area (Å²) >= 11 is 0. The first kappa shape index (κ1) is 16.5. The number of carbonyl (C=O) groups is 1. The summed E-state index contributed by atoms with van der Waals surface area (Å²) < 4.78 is 37.3. The zero-order valence-electron chi connectivity index (χ0n) is 11.8. The van der Waals surface area contributed by atoms with Gasteiger partial charge in [0.1, 0.15) is 0 Å². The van der Waals surface area contributed by atoms with Crippen molar-refractivity contribution < 1.29 is 18.0 Å². The molecule has 0 unspecified atom stereocenters. The number of benzene rings is 1. The lowest BCUT2D eigenvalue weighted by Gasteiger charge is -2.17. The van der Waals surface area contributed by atoms with Crippen LogP contribution in [0.4, 0.5) is 13.2 Å². The highest BCUT2D eigenvalue weighted by molar-refractivity contribution is 5.94. The summed E-state index contributed by atoms with van der Waals surface area (Å²) in [5.74, 6) is -0.314. The largest absolute Gasteiger partial charge is 0.416 e. The van der Waals surface area contributed by atoms with Crippen LogP contribution in [-0.2, 0) is 6.18 Å². The molecule has 0 aromatic heterocycles. The summed E-state index contributed by atoms with van der Waals surface area (Å²) in [5, 5.41) is 2.87. The van der Waals surface area contributed by atoms with Gasteiger partial charge in [0.15, 0.2) is 0 Å². The average molecular weight is 287 g/mol. The summed E-state index contributed by atoms with van der Waals surface area (Å²) in [6.45, 7) is 4.07. The number of halogens is 3. The van der Waals surface area contributed by atoms with Gasteiger partial charge >= 0.3 is 6.18 Å². The standard InChI is InChI=1S/C15H20F3NO/c1-3-5-13(6-4-2)19-14(20)11-7-9-12(10-8-11)15(16,17)18/h7-10,13H,3-6H2,1-2H3,(H,19,20). The number of carbonyl (C=O) groups excluding carboxylic acids is 1. The molecule has 0 heterocycles. The second-order valence-corrected chi connectivity index (χ2v) is 4.82. The third-order valence-corrected chi connectivity index (χ3v) is 3.08. The van der Waals surface area contributed by atoms with Crippen molar-refractivity contribution in [3.8, 4) is 0 Å². The highest BCUT2D eigenvalue weighted by Gasteiger charge is 2.30. The van der Waals surface area contributed by atoms with Gasteiger partial charge in [-0.25, -0.2) is 0 Å². The third kappa shape index (κ3) is 4.87. The second-order valence-electron chi connectivity index (χ2n) is 4.82. The summed E-state index contributed by atoms with van der Waals surface area (Å²) in [6.07, 6.45) is -0.710. The van der Waals surface area contributed by atoms with Gasteiger partial charge in [-0.3, -0.25) is 4.79 Å². The molecule has 5 heteroatoms. The second kappa shape index (κ2) is 7.31. The molecule has 20 heavy (non-hydrogen) atoms. The normalized spacial score (nSPS) is 11.7. The molecule has 0 saturated carbocycles. The fourth-order valence-electron chi connectivity index (χ4n) is 2.06. The summed E-state index contributed by atoms with van der Waals surface area (Å²) in [6, 6.07) is 4.38. The zero-order chi connectivity index (χ0) is 15.2. The fraction of sp³-hybridized carbons (Fsp3) is 0.533. The molecular formula is C15H20F3NO. The quantitative estimate of drug-likeness (QED) is 0.825. The van der Waals surface area contributed by atoms with Gasteiger partial charge in [-0.15, -0.1) is 0 Å². The van der Waals surface area contributed by atoms with Gasteiger partial charge in [0.05, 0.1) is 5.56 Å². The van der Waals surface area contributed by atoms with Gasteiger partial charge in [0.2, 0.25) is 0 Å². The van der Waals surface area contributed by atoms with Crippen LogP contribution >= 0.6 is 0 Å². The summed E-state index contributed by atoms with van der Waals surface area (Å²) in [7, 11) is 0. The maximum atomic E-state index is 12.4. The van der Waals surface area contributed by atoms with E-state index in [9.17, 15) is 18.0 Å². The van der Waals surface area contributed by atoms with Gasteiger partial charge in [-0.2, -0.15) is 13.2 Å². The molecule has 2 nitrogen and oxygen atoms in total. The number of hydrogen-bond acceptors (Lipinski definition) is 1. The Kier molecular flexibility index (Phi) is 6.05. The molecule has 1 aromatic rings. The van der Waals surface area contributed by atoms with E-state index < -0.39 is 11.7 Å². The van der Waals surface area contributed by atoms with Gasteiger partial charge in [0.25, 0.3) is 5.91 Å². The van der Waals surface area contributed by atoms with E-state index in [0.717, 1.165) is 37.8 Å². The first-order valence-electron chi connectivity index (χ1n) is 6.86. The van der Waals surface area contributed by atoms with Crippen LogP contribution in [0.15, 0.2) is 24.3 Å². The van der Waals surface area contributed by atoms with E-state index in [0.29, 0.717) is 0 Å². The molecule has 0 bridgehead atoms. The van der Waals surface area contributed by atoms with E-state index in [1.54, 1.807) is 0 Å². The van der Waals surface area contributed by atoms with Crippen molar-refractivity contribution in [2.24, 2.45) is 0 Å². The summed E-state index contributed by atoms with van der Waals surface area (Å²) in [5.41, 5.74) is -0.483. The van der Waals surface area contributed by atoms with E-state index in [1.165, 1.54) is 12.1 Å². The molecule has 0 saturated heterocycles. The first-order chi connectivity index (χ1) is 9.38. The van der Waals surface area contributed by atoms with Crippen molar-refractivity contribution >= 4 is 5.91 Å². The predicted octanol–water partition coefficient (Wildman–Crippen LogP) is 4.40. The van der Waals surface area contributed by atoms with Crippen LogP contribution in [0.25, 0.3) is 0 Å². The number of nitrogens with one attached hydrogen (secondary N) is 1. The minimum atomic E-state index is -4.37. The van der Waals surface area contributed by atoms with E-state index >= 15 is 0 Å². The lowest BCUT2D eigenvalue weighted by atomic mass is 10.1. The molecular weight excluding hydrogens is 267 g/mol. The molecule has 0 aliphatic carbocycles. The Labute approximate surface area is 117 Å². The molecule has 112 valence electrons. The summed E-state index contributed by atoms with van der Waals surface area (Å²) in [4.78, 5) is 12.0. The van der Waals surface area contributed by atoms with E-state index in [-0.39, 0.29) is 17.5 Å². The number of alkyl halides is 3. The van der Waals surface area contributed by atoms with Crippen molar-refractivity contribution in [1.82, 2.24) is 5.32 Å². The molecule has 0 aliphatic heterocycles. The minimum absolute atomic E-state index is 0.0831. The first-order valence-corrected chi connectivity index (χ1v) is 6.86. The lowest BCUT2D eigenvalue weighted by molar-refractivity contribution is -0.137. The van der Waals surface area contributed by atoms with E-state index in [1.807, 2.05) is 13.8 Å². The van der Waals surface area contributed by atoms with Crippen molar-refractivity contribution in [3.63, 3.8) is 0 Å². The molecule has 0 fully saturated rings. The molecule has 0 radical (unpaired) electrons. The Bertz CT molecular complexity index is 420. The number of rotatable bonds is 6. The average Bonchev–Trinajstić information content (AvgIpc) is 2.38. The Hall–Kier alpha value is -1.52. The molecule has 1 rings (SSSR count). The van der Waals surface area contributed by atoms with Crippen LogP contribution in [0.3, 0.4) is 0 Å². The van der Waals surface area contributed by atoms with Crippen LogP contribution in [0.2, 0.25) is 0 Å². The van der Waals surface area contributed by atoms with E-state index in [2.05, 4.69) is 5.32 Å². The van der Waals surface area contributed by atoms with Gasteiger partial charge in [-0.05, 0) is 37.1 Å². The van der Waals surface area contributed by atoms with Gasteiger partial charge in [0, 0.05) is 11.6 Å². The number of amides is 1. The Morgan fingerprint density at radius 2 is 1.60 bits per heavy atom. The Morgan fingerprint density at radius 1 is 1.10 bits per heavy atom. The lowest BCUT2D eigenvalue weighted by Crippen LogP contribution is -2.34. The van der Waals surface area contributed by atoms with Gasteiger partial charge < -0.3 is 5.32 Å². The van der Waals surface area contributed by atoms with Crippen molar-refractivity contribution in [2.75, 3.05) is 0 Å². The predicted molar refractivity (Wildman–Crippen MR) is 72.5 cm³/mol. The molecule has 1 N–H and O–H groups in total. The van der Waals surface area contributed by atoms with Crippen LogP contribution in [0, 0.1) is 0 Å². The van der Waals surface area contributed by atoms with Crippen molar-refractivity contribution in [1.29, 1.82) is 0 Å². The Balaban J connectivity index is 2.72. The smallest absolute Gasteiger partial charge is 0.349 e. The number of hydrogen-bond donors (Lipinski definition) is 1. The molecule has 0 aliphatic rings. The van der Waals surface area contributed by atoms with Crippen molar-refractivity contribution in [2.45, 2.75) is 51.7 Å². The van der Waals surface area contributed by atoms with Crippen molar-refractivity contribution in [3.05, 3.63) is 35.4 Å². The highest BCUT2D eigenvalue weighted by Crippen LogP contribution is 2.29. The fourth-order valence-corrected chi connectivity index (χ4v) is 2.06. The molecule has 1 aromatic carbocycles. The van der Waals surface area contributed by atoms with Crippen LogP contribution in [-0.4, -0.2) is 11.9 Å². The maximum absolute atomic E-state index is 12.4. The topological polar surface area (TPSA) is 29.1 Å². The van der Waals surface area contributed by atoms with Crippen LogP contribution in [0.1, 0.15) is 55.5 Å². The van der Waals surface area contributed by atoms with Gasteiger partial charge in [-0.1, -0.05) is 26.7 Å². The Morgan fingerprint density at radius 3 is 2.00 bits per heavy atom. The molecule has 0 atom stereocenters. The molecule has 0 spiro atoms. The SMILES string of the molecule is CCCC(CCC)NC(=O)c1ccc(C(F)(F)F)cc1. The van der Waals surface area contributed by atoms with Crippen LogP contribution < -0.4 is 5.32 Å². The monoisotopic (exact) mass is 287 g/mol. The minimum Gasteiger partial charge on any atom is -0.349 e. The third-order valence-electron chi connectivity index (χ3n) is 3.08. The van der Waals surface area contributed by atoms with Crippen LogP contribution in [0.5, 0.6) is 0 Å².